The van der Waals surface area contributed by atoms with Gasteiger partial charge in [0.05, 0.1) is 67.1 Å². The molecule has 10 aliphatic heterocycles. The fourth-order valence-electron chi connectivity index (χ4n) is 11.3. The molecule has 13 heteroatoms. The smallest absolute Gasteiger partial charge is 0.211 e. The Morgan fingerprint density at radius 2 is 1.75 bits per heavy atom. The number of aliphatic imine (C=N–C) groups is 1. The normalized spacial score (nSPS) is 52.2. The van der Waals surface area contributed by atoms with Gasteiger partial charge in [-0.25, -0.2) is 0 Å². The maximum absolute atomic E-state index is 14.0. The predicted octanol–water partition coefficient (Wildman–Crippen LogP) is 2.65. The number of aliphatic hydroxyl groups is 2. The number of hydrogen-bond donors (Lipinski definition) is 3. The van der Waals surface area contributed by atoms with Crippen molar-refractivity contribution in [3.05, 3.63) is 12.2 Å². The van der Waals surface area contributed by atoms with Gasteiger partial charge in [-0.3, -0.25) is 9.79 Å². The topological polar surface area (TPSA) is 170 Å². The molecule has 0 aromatic heterocycles. The lowest BCUT2D eigenvalue weighted by Crippen LogP contribution is -2.66. The van der Waals surface area contributed by atoms with Crippen LogP contribution < -0.4 is 5.73 Å². The summed E-state index contributed by atoms with van der Waals surface area (Å²) in [6.07, 6.45) is 2.41. The van der Waals surface area contributed by atoms with Crippen LogP contribution in [-0.2, 0) is 42.7 Å². The van der Waals surface area contributed by atoms with Crippen molar-refractivity contribution in [2.45, 2.75) is 194 Å². The molecule has 7 saturated heterocycles. The lowest BCUT2D eigenvalue weighted by Gasteiger charge is -2.54. The number of hydrogen-bond acceptors (Lipinski definition) is 13. The van der Waals surface area contributed by atoms with Gasteiger partial charge < -0.3 is 53.8 Å². The zero-order valence-corrected chi connectivity index (χ0v) is 30.6. The van der Waals surface area contributed by atoms with Gasteiger partial charge in [-0.2, -0.15) is 0 Å². The maximum Gasteiger partial charge on any atom is 0.211 e. The van der Waals surface area contributed by atoms with E-state index < -0.39 is 54.2 Å². The number of ether oxygens (including phenoxy) is 8. The second kappa shape index (κ2) is 14.0. The Morgan fingerprint density at radius 1 is 0.923 bits per heavy atom. The first kappa shape index (κ1) is 36.3. The van der Waals surface area contributed by atoms with Crippen molar-refractivity contribution in [3.8, 4) is 0 Å². The van der Waals surface area contributed by atoms with E-state index in [1.807, 2.05) is 0 Å². The van der Waals surface area contributed by atoms with E-state index in [4.69, 9.17) is 48.6 Å². The molecule has 0 radical (unpaired) electrons. The van der Waals surface area contributed by atoms with E-state index in [1.54, 1.807) is 7.11 Å². The lowest BCUT2D eigenvalue weighted by atomic mass is 9.79. The third kappa shape index (κ3) is 6.37. The van der Waals surface area contributed by atoms with Crippen LogP contribution in [0.15, 0.2) is 17.1 Å². The number of carbonyl (C=O) groups excluding carboxylic acids is 1. The summed E-state index contributed by atoms with van der Waals surface area (Å²) in [4.78, 5) is 19.7. The molecular formula is C39H58N2O11. The Kier molecular flexibility index (Phi) is 9.76. The third-order valence-electron chi connectivity index (χ3n) is 13.8. The molecule has 290 valence electrons. The summed E-state index contributed by atoms with van der Waals surface area (Å²) in [7, 11) is 1.65. The van der Waals surface area contributed by atoms with Crippen LogP contribution >= 0.6 is 0 Å². The van der Waals surface area contributed by atoms with Gasteiger partial charge in [0.1, 0.15) is 24.1 Å². The van der Waals surface area contributed by atoms with E-state index in [9.17, 15) is 15.0 Å². The Balaban J connectivity index is 1.15. The molecule has 52 heavy (non-hydrogen) atoms. The van der Waals surface area contributed by atoms with E-state index in [-0.39, 0.29) is 79.7 Å². The summed E-state index contributed by atoms with van der Waals surface area (Å²) in [5.41, 5.74) is 6.61. The highest BCUT2D eigenvalue weighted by Gasteiger charge is 2.66. The van der Waals surface area contributed by atoms with Gasteiger partial charge >= 0.3 is 0 Å². The molecule has 2 spiro atoms. The minimum absolute atomic E-state index is 0.0116. The van der Waals surface area contributed by atoms with Crippen LogP contribution in [0.4, 0.5) is 0 Å². The van der Waals surface area contributed by atoms with Gasteiger partial charge in [0, 0.05) is 70.2 Å². The molecule has 1 unspecified atom stereocenters. The second-order valence-electron chi connectivity index (χ2n) is 17.4. The van der Waals surface area contributed by atoms with Gasteiger partial charge in [-0.05, 0) is 56.4 Å². The Bertz CT molecular complexity index is 1410. The first-order chi connectivity index (χ1) is 25.0. The number of fused-ring (bicyclic) bond motifs is 8. The molecule has 4 N–H and O–H groups in total. The number of carbonyl (C=O) groups is 1. The van der Waals surface area contributed by atoms with Crippen LogP contribution in [0.2, 0.25) is 0 Å². The van der Waals surface area contributed by atoms with Gasteiger partial charge in [0.2, 0.25) is 5.72 Å². The van der Waals surface area contributed by atoms with Crippen LogP contribution in [0.1, 0.15) is 96.8 Å². The molecule has 11 bridgehead atoms. The predicted molar refractivity (Wildman–Crippen MR) is 185 cm³/mol. The molecule has 10 heterocycles. The SMILES string of the molecule is C=C1C[C@@H]2CC[C@]34C[C@@H](O)[C@H](O3)C3C[C@@H](O4)[C@]45N=C6[C@H](C)C[C@H](CC[C@@H]1O2)O[C@@H]6C[C@@H]1O[C@H](C[C@H](O)CN)[C@H](OC)[C@H]1CC(=O)C[C@@H](CC[C@@H]4O3)O5. The molecule has 0 amide bonds. The average Bonchev–Trinajstić information content (AvgIpc) is 3.71. The molecule has 10 aliphatic rings. The van der Waals surface area contributed by atoms with Gasteiger partial charge in [-0.1, -0.05) is 13.5 Å². The third-order valence-corrected chi connectivity index (χ3v) is 13.8. The number of aliphatic hydroxyl groups excluding tert-OH is 2. The zero-order valence-electron chi connectivity index (χ0n) is 30.6. The highest BCUT2D eigenvalue weighted by molar-refractivity contribution is 5.92. The van der Waals surface area contributed by atoms with E-state index in [2.05, 4.69) is 13.5 Å². The quantitative estimate of drug-likeness (QED) is 0.362. The fraction of sp³-hybridized carbons (Fsp3) is 0.897. The Labute approximate surface area is 306 Å². The van der Waals surface area contributed by atoms with Crippen molar-refractivity contribution >= 4 is 11.5 Å². The Hall–Kier alpha value is -1.36. The second-order valence-corrected chi connectivity index (χ2v) is 17.4. The highest BCUT2D eigenvalue weighted by Crippen LogP contribution is 2.53. The van der Waals surface area contributed by atoms with Crippen molar-refractivity contribution in [2.24, 2.45) is 22.6 Å². The largest absolute Gasteiger partial charge is 0.392 e. The molecule has 18 atom stereocenters. The van der Waals surface area contributed by atoms with Gasteiger partial charge in [0.15, 0.2) is 5.79 Å². The number of Topliss-reactive ketones (excluding diaryl/α,β-unsaturated/α-hetero) is 1. The summed E-state index contributed by atoms with van der Waals surface area (Å²) < 4.78 is 54.4. The van der Waals surface area contributed by atoms with E-state index in [0.29, 0.717) is 51.4 Å². The van der Waals surface area contributed by atoms with Crippen molar-refractivity contribution in [1.29, 1.82) is 0 Å². The van der Waals surface area contributed by atoms with Crippen molar-refractivity contribution in [2.75, 3.05) is 13.7 Å². The van der Waals surface area contributed by atoms with Crippen LogP contribution in [0, 0.1) is 11.8 Å². The molecule has 0 aromatic rings. The minimum atomic E-state index is -1.22. The van der Waals surface area contributed by atoms with Crippen molar-refractivity contribution in [3.63, 3.8) is 0 Å². The monoisotopic (exact) mass is 730 g/mol. The highest BCUT2D eigenvalue weighted by atomic mass is 16.7. The van der Waals surface area contributed by atoms with E-state index in [0.717, 1.165) is 37.0 Å². The summed E-state index contributed by atoms with van der Waals surface area (Å²) >= 11 is 0. The first-order valence-corrected chi connectivity index (χ1v) is 20.1. The molecule has 13 nitrogen and oxygen atoms in total. The number of nitrogens with two attached hydrogens (primary N) is 1. The summed E-state index contributed by atoms with van der Waals surface area (Å²) in [6, 6.07) is 0. The fourth-order valence-corrected chi connectivity index (χ4v) is 11.3. The van der Waals surface area contributed by atoms with Crippen LogP contribution in [0.25, 0.3) is 0 Å². The standard InChI is InChI=1S/C39H58N2O11/c1-19-10-24-8-9-38-17-27(44)37(52-38)32-16-34(51-38)39-33(49-32)7-5-25(50-39)12-21(42)13-26-29(48-31(36(26)45-3)14-22(43)18-40)15-30-35(41-39)20(2)11-23(47-30)4-6-28(19)46-24/h20,22-34,36-37,43-44H,1,4-18,40H2,2-3H3/t20-,22+,23+,24+,25-,26+,27-,28+,29+,30-,31-,32?,33+,34-,36-,37+,38-,39+/m1/s1. The lowest BCUT2D eigenvalue weighted by molar-refractivity contribution is -0.316. The number of ketones is 1. The molecular weight excluding hydrogens is 672 g/mol. The molecule has 10 rings (SSSR count). The van der Waals surface area contributed by atoms with Crippen LogP contribution in [0.3, 0.4) is 0 Å². The molecule has 7 fully saturated rings. The average molecular weight is 731 g/mol. The minimum Gasteiger partial charge on any atom is -0.392 e. The van der Waals surface area contributed by atoms with Crippen molar-refractivity contribution in [1.82, 2.24) is 0 Å². The van der Waals surface area contributed by atoms with Crippen LogP contribution in [0.5, 0.6) is 0 Å². The number of nitrogens with zero attached hydrogens (tertiary/aromatic N) is 1. The Morgan fingerprint density at radius 3 is 2.58 bits per heavy atom. The summed E-state index contributed by atoms with van der Waals surface area (Å²) in [5.74, 6) is -1.14. The van der Waals surface area contributed by atoms with E-state index >= 15 is 0 Å². The number of rotatable bonds is 4. The molecule has 0 aromatic carbocycles. The van der Waals surface area contributed by atoms with Gasteiger partial charge in [0.25, 0.3) is 0 Å². The zero-order chi connectivity index (χ0) is 35.9. The van der Waals surface area contributed by atoms with Crippen LogP contribution in [-0.4, -0.2) is 132 Å². The molecule has 0 saturated carbocycles. The van der Waals surface area contributed by atoms with Crippen molar-refractivity contribution < 1.29 is 52.9 Å². The molecule has 0 aliphatic carbocycles. The first-order valence-electron chi connectivity index (χ1n) is 20.1. The van der Waals surface area contributed by atoms with E-state index in [1.165, 1.54) is 0 Å². The number of methoxy groups -OCH3 is 1. The maximum atomic E-state index is 14.0. The summed E-state index contributed by atoms with van der Waals surface area (Å²) in [6.45, 7) is 6.75. The van der Waals surface area contributed by atoms with Gasteiger partial charge in [-0.15, -0.1) is 0 Å². The summed E-state index contributed by atoms with van der Waals surface area (Å²) in [5, 5.41) is 21.9.